The summed E-state index contributed by atoms with van der Waals surface area (Å²) in [5.74, 6) is -0.163. The Hall–Kier alpha value is -3.43. The number of rotatable bonds is 9. The Morgan fingerprint density at radius 3 is 2.51 bits per heavy atom. The van der Waals surface area contributed by atoms with E-state index in [1.807, 2.05) is 24.3 Å². The van der Waals surface area contributed by atoms with Crippen molar-refractivity contribution in [2.24, 2.45) is 4.99 Å². The molecule has 2 aliphatic heterocycles. The first-order valence-corrected chi connectivity index (χ1v) is 14.9. The molecule has 0 bridgehead atoms. The smallest absolute Gasteiger partial charge is 0.411 e. The lowest BCUT2D eigenvalue weighted by atomic mass is 9.96. The lowest BCUT2D eigenvalue weighted by Gasteiger charge is -2.26. The Morgan fingerprint density at radius 2 is 1.79 bits per heavy atom. The largest absolute Gasteiger partial charge is 0.448 e. The molecular weight excluding hydrogens is 587 g/mol. The molecule has 2 heterocycles. The van der Waals surface area contributed by atoms with Gasteiger partial charge in [-0.05, 0) is 59.9 Å². The number of benzene rings is 3. The summed E-state index contributed by atoms with van der Waals surface area (Å²) in [6, 6.07) is 18.6. The van der Waals surface area contributed by atoms with Gasteiger partial charge in [0.15, 0.2) is 0 Å². The first kappa shape index (κ1) is 32.5. The number of morpholine rings is 1. The Labute approximate surface area is 264 Å². The number of anilines is 2. The average molecular weight is 626 g/mol. The molecule has 2 N–H and O–H groups in total. The van der Waals surface area contributed by atoms with E-state index in [0.717, 1.165) is 42.6 Å². The molecule has 228 valence electrons. The quantitative estimate of drug-likeness (QED) is 0.297. The second-order valence-electron chi connectivity index (χ2n) is 10.5. The number of carbonyl (C=O) groups is 2. The van der Waals surface area contributed by atoms with Gasteiger partial charge in [0.25, 0.3) is 0 Å². The van der Waals surface area contributed by atoms with E-state index < -0.39 is 12.1 Å². The molecule has 5 rings (SSSR count). The predicted octanol–water partition coefficient (Wildman–Crippen LogP) is 6.17. The molecule has 3 aromatic carbocycles. The molecular formula is C33H38Cl2N4O4. The van der Waals surface area contributed by atoms with Gasteiger partial charge in [-0.3, -0.25) is 20.0 Å². The highest BCUT2D eigenvalue weighted by atomic mass is 35.5. The minimum atomic E-state index is -0.623. The van der Waals surface area contributed by atoms with Gasteiger partial charge >= 0.3 is 6.09 Å². The third-order valence-electron chi connectivity index (χ3n) is 7.69. The minimum absolute atomic E-state index is 0. The minimum Gasteiger partial charge on any atom is -0.448 e. The van der Waals surface area contributed by atoms with Gasteiger partial charge in [-0.25, -0.2) is 4.79 Å². The van der Waals surface area contributed by atoms with E-state index in [1.54, 1.807) is 18.2 Å². The zero-order valence-corrected chi connectivity index (χ0v) is 26.1. The van der Waals surface area contributed by atoms with Crippen molar-refractivity contribution in [3.63, 3.8) is 0 Å². The number of halogens is 2. The van der Waals surface area contributed by atoms with Crippen molar-refractivity contribution >= 4 is 53.1 Å². The monoisotopic (exact) mass is 624 g/mol. The summed E-state index contributed by atoms with van der Waals surface area (Å²) in [7, 11) is 0. The van der Waals surface area contributed by atoms with E-state index in [0.29, 0.717) is 54.9 Å². The van der Waals surface area contributed by atoms with Gasteiger partial charge in [0.05, 0.1) is 24.6 Å². The summed E-state index contributed by atoms with van der Waals surface area (Å²) < 4.78 is 10.7. The molecule has 1 saturated heterocycles. The number of ether oxygens (including phenoxy) is 2. The normalized spacial score (nSPS) is 16.7. The van der Waals surface area contributed by atoms with Crippen LogP contribution in [-0.4, -0.2) is 68.1 Å². The third kappa shape index (κ3) is 8.36. The molecule has 2 aliphatic rings. The summed E-state index contributed by atoms with van der Waals surface area (Å²) in [4.78, 5) is 32.9. The fraction of sp³-hybridized carbons (Fsp3) is 0.364. The molecule has 1 fully saturated rings. The maximum absolute atomic E-state index is 13.4. The molecule has 0 saturated carbocycles. The van der Waals surface area contributed by atoms with Gasteiger partial charge in [0, 0.05) is 47.9 Å². The van der Waals surface area contributed by atoms with Gasteiger partial charge in [0.1, 0.15) is 12.6 Å². The third-order valence-corrected chi connectivity index (χ3v) is 7.93. The van der Waals surface area contributed by atoms with Crippen LogP contribution in [0.1, 0.15) is 41.7 Å². The topological polar surface area (TPSA) is 92.3 Å². The van der Waals surface area contributed by atoms with Crippen molar-refractivity contribution < 1.29 is 19.1 Å². The number of benzodiazepines with no additional fused rings is 1. The fourth-order valence-electron chi connectivity index (χ4n) is 5.35. The van der Waals surface area contributed by atoms with Gasteiger partial charge < -0.3 is 14.8 Å². The molecule has 10 heteroatoms. The van der Waals surface area contributed by atoms with E-state index in [2.05, 4.69) is 47.6 Å². The van der Waals surface area contributed by atoms with Crippen molar-refractivity contribution in [2.75, 3.05) is 50.1 Å². The summed E-state index contributed by atoms with van der Waals surface area (Å²) in [6.45, 7) is 8.39. The van der Waals surface area contributed by atoms with Crippen LogP contribution in [0.15, 0.2) is 65.7 Å². The molecule has 1 unspecified atom stereocenters. The van der Waals surface area contributed by atoms with E-state index >= 15 is 0 Å². The number of carbonyl (C=O) groups excluding carboxylic acids is 2. The Kier molecular flexibility index (Phi) is 11.6. The van der Waals surface area contributed by atoms with E-state index in [-0.39, 0.29) is 18.3 Å². The highest BCUT2D eigenvalue weighted by Crippen LogP contribution is 2.29. The van der Waals surface area contributed by atoms with Crippen LogP contribution in [0.2, 0.25) is 5.02 Å². The molecule has 0 spiro atoms. The second kappa shape index (κ2) is 15.3. The first-order valence-electron chi connectivity index (χ1n) is 14.6. The zero-order valence-electron chi connectivity index (χ0n) is 24.5. The highest BCUT2D eigenvalue weighted by molar-refractivity contribution is 6.32. The van der Waals surface area contributed by atoms with Crippen LogP contribution in [0.5, 0.6) is 0 Å². The maximum atomic E-state index is 13.4. The maximum Gasteiger partial charge on any atom is 0.411 e. The molecule has 0 radical (unpaired) electrons. The Morgan fingerprint density at radius 1 is 1.05 bits per heavy atom. The number of aryl methyl sites for hydroxylation is 2. The molecule has 2 amide bonds. The van der Waals surface area contributed by atoms with Crippen LogP contribution in [0.3, 0.4) is 0 Å². The summed E-state index contributed by atoms with van der Waals surface area (Å²) >= 11 is 6.38. The summed E-state index contributed by atoms with van der Waals surface area (Å²) in [6.07, 6.45) is 1.89. The fourth-order valence-corrected chi connectivity index (χ4v) is 5.52. The van der Waals surface area contributed by atoms with Crippen LogP contribution in [0.25, 0.3) is 0 Å². The van der Waals surface area contributed by atoms with Crippen LogP contribution < -0.4 is 10.6 Å². The molecule has 3 aromatic rings. The van der Waals surface area contributed by atoms with Crippen LogP contribution >= 0.6 is 24.0 Å². The van der Waals surface area contributed by atoms with Gasteiger partial charge in [0.2, 0.25) is 5.91 Å². The van der Waals surface area contributed by atoms with Gasteiger partial charge in [-0.1, -0.05) is 55.8 Å². The number of hydrogen-bond acceptors (Lipinski definition) is 6. The number of hydrogen-bond donors (Lipinski definition) is 2. The standard InChI is InChI=1S/C33H37ClN4O4.ClH/c1-3-23-6-5-22(19-24(23)4-2)20-30-32(39)37-29-12-9-26(34)21-28(29)31(36-30)25-7-10-27(11-8-25)35-33(40)42-18-15-38-13-16-41-17-14-38;/h5-12,19,21,30H,3-4,13-18,20H2,1-2H3,(H,35,40)(H,37,39);1H. The van der Waals surface area contributed by atoms with Gasteiger partial charge in [-0.2, -0.15) is 0 Å². The lowest BCUT2D eigenvalue weighted by Crippen LogP contribution is -2.38. The molecule has 8 nitrogen and oxygen atoms in total. The SMILES string of the molecule is CCc1ccc(CC2N=C(c3ccc(NC(=O)OCCN4CCOCC4)cc3)c3cc(Cl)ccc3NC2=O)cc1CC.Cl. The molecule has 0 aliphatic carbocycles. The van der Waals surface area contributed by atoms with E-state index in [9.17, 15) is 9.59 Å². The van der Waals surface area contributed by atoms with Crippen molar-refractivity contribution in [3.05, 3.63) is 93.5 Å². The molecule has 43 heavy (non-hydrogen) atoms. The van der Waals surface area contributed by atoms with Gasteiger partial charge in [-0.15, -0.1) is 12.4 Å². The number of nitrogens with one attached hydrogen (secondary N) is 2. The number of nitrogens with zero attached hydrogens (tertiary/aromatic N) is 2. The average Bonchev–Trinajstić information content (AvgIpc) is 3.13. The number of amides is 2. The van der Waals surface area contributed by atoms with E-state index in [4.69, 9.17) is 26.1 Å². The number of aliphatic imine (C=N–C) groups is 1. The second-order valence-corrected chi connectivity index (χ2v) is 10.9. The van der Waals surface area contributed by atoms with Crippen molar-refractivity contribution in [3.8, 4) is 0 Å². The molecule has 0 aromatic heterocycles. The summed E-state index contributed by atoms with van der Waals surface area (Å²) in [5.41, 5.74) is 7.17. The van der Waals surface area contributed by atoms with Crippen LogP contribution in [0, 0.1) is 0 Å². The predicted molar refractivity (Wildman–Crippen MR) is 174 cm³/mol. The van der Waals surface area contributed by atoms with Crippen molar-refractivity contribution in [1.82, 2.24) is 4.90 Å². The first-order chi connectivity index (χ1) is 20.4. The lowest BCUT2D eigenvalue weighted by molar-refractivity contribution is -0.117. The molecule has 1 atom stereocenters. The van der Waals surface area contributed by atoms with Crippen LogP contribution in [0.4, 0.5) is 16.2 Å². The summed E-state index contributed by atoms with van der Waals surface area (Å²) in [5, 5.41) is 6.39. The number of fused-ring (bicyclic) bond motifs is 1. The highest BCUT2D eigenvalue weighted by Gasteiger charge is 2.26. The van der Waals surface area contributed by atoms with Crippen LogP contribution in [-0.2, 0) is 33.5 Å². The Bertz CT molecular complexity index is 1460. The van der Waals surface area contributed by atoms with Crippen molar-refractivity contribution in [2.45, 2.75) is 39.2 Å². The zero-order chi connectivity index (χ0) is 29.5. The van der Waals surface area contributed by atoms with Crippen molar-refractivity contribution in [1.29, 1.82) is 0 Å². The Balaban J connectivity index is 0.00000423. The van der Waals surface area contributed by atoms with E-state index in [1.165, 1.54) is 11.1 Å².